The molecule has 5 nitrogen and oxygen atoms in total. The van der Waals surface area contributed by atoms with Crippen LogP contribution in [0.25, 0.3) is 0 Å². The number of hydroxylamine groups is 1. The zero-order chi connectivity index (χ0) is 18.6. The fourth-order valence-corrected chi connectivity index (χ4v) is 2.83. The van der Waals surface area contributed by atoms with Gasteiger partial charge in [-0.15, -0.1) is 0 Å². The van der Waals surface area contributed by atoms with Gasteiger partial charge in [0, 0.05) is 32.4 Å². The lowest BCUT2D eigenvalue weighted by molar-refractivity contribution is -0.129. The Kier molecular flexibility index (Phi) is 8.52. The summed E-state index contributed by atoms with van der Waals surface area (Å²) in [6.45, 7) is 2.09. The Labute approximate surface area is 154 Å². The molecule has 0 unspecified atom stereocenters. The first-order chi connectivity index (χ1) is 12.7. The summed E-state index contributed by atoms with van der Waals surface area (Å²) in [6, 6.07) is 19.8. The molecule has 0 saturated carbocycles. The van der Waals surface area contributed by atoms with Crippen molar-refractivity contribution in [2.45, 2.75) is 32.2 Å². The Morgan fingerprint density at radius 3 is 2.08 bits per heavy atom. The van der Waals surface area contributed by atoms with E-state index in [1.165, 1.54) is 5.56 Å². The zero-order valence-electron chi connectivity index (χ0n) is 14.9. The summed E-state index contributed by atoms with van der Waals surface area (Å²) in [7, 11) is 0. The van der Waals surface area contributed by atoms with Gasteiger partial charge in [0.2, 0.25) is 5.91 Å². The highest BCUT2D eigenvalue weighted by molar-refractivity contribution is 5.81. The van der Waals surface area contributed by atoms with Crippen molar-refractivity contribution in [3.05, 3.63) is 71.8 Å². The number of nitrogens with one attached hydrogen (secondary N) is 1. The van der Waals surface area contributed by atoms with Crippen LogP contribution in [-0.2, 0) is 22.6 Å². The van der Waals surface area contributed by atoms with Crippen LogP contribution >= 0.6 is 0 Å². The third-order valence-corrected chi connectivity index (χ3v) is 4.20. The van der Waals surface area contributed by atoms with Crippen molar-refractivity contribution in [1.82, 2.24) is 10.4 Å². The van der Waals surface area contributed by atoms with Gasteiger partial charge in [-0.1, -0.05) is 60.7 Å². The molecular formula is C21H26N2O3. The Bertz CT molecular complexity index is 674. The predicted octanol–water partition coefficient (Wildman–Crippen LogP) is 2.98. The summed E-state index contributed by atoms with van der Waals surface area (Å²) in [6.07, 6.45) is 1.83. The number of rotatable bonds is 11. The van der Waals surface area contributed by atoms with Crippen LogP contribution in [0.1, 0.15) is 30.4 Å². The van der Waals surface area contributed by atoms with E-state index in [2.05, 4.69) is 17.0 Å². The molecule has 2 rings (SSSR count). The maximum absolute atomic E-state index is 12.3. The van der Waals surface area contributed by atoms with Gasteiger partial charge in [-0.25, -0.2) is 5.48 Å². The number of hydrogen-bond acceptors (Lipinski definition) is 4. The molecule has 0 aromatic heterocycles. The molecule has 0 saturated heterocycles. The van der Waals surface area contributed by atoms with Crippen LogP contribution in [0.3, 0.4) is 0 Å². The maximum atomic E-state index is 12.3. The van der Waals surface area contributed by atoms with E-state index in [-0.39, 0.29) is 18.1 Å². The highest BCUT2D eigenvalue weighted by Crippen LogP contribution is 2.08. The summed E-state index contributed by atoms with van der Waals surface area (Å²) in [5.74, 6) is -0.174. The van der Waals surface area contributed by atoms with Gasteiger partial charge in [0.25, 0.3) is 0 Å². The molecule has 0 spiro atoms. The molecular weight excluding hydrogens is 328 g/mol. The Morgan fingerprint density at radius 1 is 0.846 bits per heavy atom. The highest BCUT2D eigenvalue weighted by Gasteiger charge is 2.11. The third kappa shape index (κ3) is 7.59. The second-order valence-corrected chi connectivity index (χ2v) is 6.35. The molecule has 1 amide bonds. The first-order valence-corrected chi connectivity index (χ1v) is 8.92. The maximum Gasteiger partial charge on any atom is 0.243 e. The van der Waals surface area contributed by atoms with E-state index in [4.69, 9.17) is 5.21 Å². The van der Waals surface area contributed by atoms with E-state index >= 15 is 0 Å². The number of nitrogens with zero attached hydrogens (tertiary/aromatic N) is 1. The summed E-state index contributed by atoms with van der Waals surface area (Å²) in [5.41, 5.74) is 3.86. The van der Waals surface area contributed by atoms with Crippen molar-refractivity contribution in [3.8, 4) is 0 Å². The first-order valence-electron chi connectivity index (χ1n) is 8.92. The Morgan fingerprint density at radius 2 is 1.46 bits per heavy atom. The molecule has 26 heavy (non-hydrogen) atoms. The topological polar surface area (TPSA) is 69.6 Å². The predicted molar refractivity (Wildman–Crippen MR) is 101 cm³/mol. The molecule has 0 atom stereocenters. The largest absolute Gasteiger partial charge is 0.299 e. The number of amides is 1. The number of carbonyl (C=O) groups is 2. The molecule has 0 aliphatic heterocycles. The molecule has 5 heteroatoms. The molecule has 0 aliphatic carbocycles. The van der Waals surface area contributed by atoms with Crippen LogP contribution in [-0.4, -0.2) is 34.9 Å². The average Bonchev–Trinajstić information content (AvgIpc) is 2.67. The molecule has 0 heterocycles. The summed E-state index contributed by atoms with van der Waals surface area (Å²) < 4.78 is 0. The van der Waals surface area contributed by atoms with Crippen LogP contribution in [0.2, 0.25) is 0 Å². The van der Waals surface area contributed by atoms with Gasteiger partial charge >= 0.3 is 0 Å². The van der Waals surface area contributed by atoms with E-state index in [0.717, 1.165) is 12.1 Å². The normalized spacial score (nSPS) is 10.7. The number of benzene rings is 2. The molecule has 0 fully saturated rings. The molecule has 138 valence electrons. The number of Topliss-reactive ketones (excluding diaryl/α,β-unsaturated/α-hetero) is 1. The number of ketones is 1. The van der Waals surface area contributed by atoms with Crippen molar-refractivity contribution in [1.29, 1.82) is 0 Å². The van der Waals surface area contributed by atoms with Crippen molar-refractivity contribution < 1.29 is 14.8 Å². The quantitative estimate of drug-likeness (QED) is 0.481. The lowest BCUT2D eigenvalue weighted by Gasteiger charge is -2.22. The van der Waals surface area contributed by atoms with E-state index in [1.54, 1.807) is 5.48 Å². The van der Waals surface area contributed by atoms with E-state index < -0.39 is 0 Å². The van der Waals surface area contributed by atoms with Gasteiger partial charge in [-0.2, -0.15) is 0 Å². The fourth-order valence-electron chi connectivity index (χ4n) is 2.83. The van der Waals surface area contributed by atoms with Gasteiger partial charge in [0.15, 0.2) is 0 Å². The second kappa shape index (κ2) is 11.2. The van der Waals surface area contributed by atoms with Crippen molar-refractivity contribution in [2.24, 2.45) is 0 Å². The minimum atomic E-state index is -0.384. The van der Waals surface area contributed by atoms with Gasteiger partial charge < -0.3 is 0 Å². The number of hydrogen-bond donors (Lipinski definition) is 2. The molecule has 2 aromatic rings. The van der Waals surface area contributed by atoms with Gasteiger partial charge in [-0.05, 0) is 24.1 Å². The average molecular weight is 354 g/mol. The van der Waals surface area contributed by atoms with Gasteiger partial charge in [0.05, 0.1) is 0 Å². The molecule has 2 aromatic carbocycles. The monoisotopic (exact) mass is 354 g/mol. The lowest BCUT2D eigenvalue weighted by atomic mass is 10.1. The highest BCUT2D eigenvalue weighted by atomic mass is 16.5. The zero-order valence-corrected chi connectivity index (χ0v) is 14.9. The van der Waals surface area contributed by atoms with Crippen LogP contribution in [0, 0.1) is 0 Å². The number of carbonyl (C=O) groups excluding carboxylic acids is 2. The molecule has 0 aliphatic rings. The van der Waals surface area contributed by atoms with Crippen LogP contribution in [0.5, 0.6) is 0 Å². The molecule has 0 radical (unpaired) electrons. The Hall–Kier alpha value is -2.50. The molecule has 0 bridgehead atoms. The van der Waals surface area contributed by atoms with E-state index in [0.29, 0.717) is 32.4 Å². The summed E-state index contributed by atoms with van der Waals surface area (Å²) in [4.78, 5) is 25.6. The van der Waals surface area contributed by atoms with E-state index in [9.17, 15) is 9.59 Å². The molecule has 2 N–H and O–H groups in total. The smallest absolute Gasteiger partial charge is 0.243 e. The van der Waals surface area contributed by atoms with Crippen molar-refractivity contribution in [2.75, 3.05) is 13.1 Å². The Balaban J connectivity index is 1.85. The first kappa shape index (κ1) is 19.8. The third-order valence-electron chi connectivity index (χ3n) is 4.20. The minimum Gasteiger partial charge on any atom is -0.299 e. The fraction of sp³-hybridized carbons (Fsp3) is 0.333. The van der Waals surface area contributed by atoms with Crippen LogP contribution in [0.4, 0.5) is 0 Å². The van der Waals surface area contributed by atoms with Crippen LogP contribution < -0.4 is 5.48 Å². The van der Waals surface area contributed by atoms with Gasteiger partial charge in [-0.3, -0.25) is 19.7 Å². The van der Waals surface area contributed by atoms with Crippen LogP contribution in [0.15, 0.2) is 60.7 Å². The van der Waals surface area contributed by atoms with Crippen molar-refractivity contribution in [3.63, 3.8) is 0 Å². The minimum absolute atomic E-state index is 0.211. The lowest BCUT2D eigenvalue weighted by Crippen LogP contribution is -2.29. The standard InChI is InChI=1S/C21H26N2O3/c24-20(16-18-8-3-1-4-9-18)13-15-23(14-7-12-21(25)22-26)17-19-10-5-2-6-11-19/h1-6,8-11,26H,7,12-17H2,(H,22,25). The van der Waals surface area contributed by atoms with E-state index in [1.807, 2.05) is 48.5 Å². The summed E-state index contributed by atoms with van der Waals surface area (Å²) in [5, 5.41) is 8.59. The van der Waals surface area contributed by atoms with Crippen molar-refractivity contribution >= 4 is 11.7 Å². The second-order valence-electron chi connectivity index (χ2n) is 6.35. The SMILES string of the molecule is O=C(CCN(CCCC(=O)NO)Cc1ccccc1)Cc1ccccc1. The summed E-state index contributed by atoms with van der Waals surface area (Å²) >= 11 is 0. The van der Waals surface area contributed by atoms with Gasteiger partial charge in [0.1, 0.15) is 5.78 Å².